The predicted molar refractivity (Wildman–Crippen MR) is 83.7 cm³/mol. The number of para-hydroxylation sites is 1. The molecule has 3 rings (SSSR count). The molecule has 1 fully saturated rings. The van der Waals surface area contributed by atoms with Crippen molar-refractivity contribution in [3.8, 4) is 11.5 Å². The van der Waals surface area contributed by atoms with Gasteiger partial charge in [-0.2, -0.15) is 0 Å². The Labute approximate surface area is 135 Å². The van der Waals surface area contributed by atoms with Gasteiger partial charge in [0.25, 0.3) is 5.91 Å². The van der Waals surface area contributed by atoms with Crippen LogP contribution in [-0.4, -0.2) is 48.6 Å². The van der Waals surface area contributed by atoms with Gasteiger partial charge in [-0.25, -0.2) is 0 Å². The summed E-state index contributed by atoms with van der Waals surface area (Å²) in [5, 5.41) is 12.8. The third-order valence-electron chi connectivity index (χ3n) is 4.11. The first-order chi connectivity index (χ1) is 10.9. The zero-order chi connectivity index (χ0) is 16.5. The predicted octanol–water partition coefficient (Wildman–Crippen LogP) is 1.05. The van der Waals surface area contributed by atoms with E-state index in [9.17, 15) is 9.90 Å². The summed E-state index contributed by atoms with van der Waals surface area (Å²) in [6.07, 6.45) is 1.35. The summed E-state index contributed by atoms with van der Waals surface area (Å²) in [7, 11) is 0. The lowest BCUT2D eigenvalue weighted by Gasteiger charge is -2.21. The molecule has 6 heteroatoms. The van der Waals surface area contributed by atoms with Crippen LogP contribution in [0.3, 0.4) is 0 Å². The molecule has 2 heterocycles. The maximum atomic E-state index is 11.9. The largest absolute Gasteiger partial charge is 0.483 e. The van der Waals surface area contributed by atoms with Crippen LogP contribution in [0.4, 0.5) is 0 Å². The van der Waals surface area contributed by atoms with Crippen molar-refractivity contribution in [3.63, 3.8) is 0 Å². The van der Waals surface area contributed by atoms with E-state index in [1.807, 2.05) is 26.0 Å². The second-order valence-electron chi connectivity index (χ2n) is 6.88. The molecule has 0 bridgehead atoms. The van der Waals surface area contributed by atoms with Gasteiger partial charge < -0.3 is 24.6 Å². The summed E-state index contributed by atoms with van der Waals surface area (Å²) in [6, 6.07) is 5.70. The van der Waals surface area contributed by atoms with Gasteiger partial charge in [0.15, 0.2) is 18.1 Å². The molecule has 1 aromatic rings. The summed E-state index contributed by atoms with van der Waals surface area (Å²) in [5.41, 5.74) is -0.127. The SMILES string of the molecule is CC1(C)Cc2cccc(OCC(=O)NC[C@@]3(O)CCOC3)c2O1. The fourth-order valence-corrected chi connectivity index (χ4v) is 2.89. The van der Waals surface area contributed by atoms with Gasteiger partial charge >= 0.3 is 0 Å². The number of fused-ring (bicyclic) bond motifs is 1. The highest BCUT2D eigenvalue weighted by atomic mass is 16.5. The van der Waals surface area contributed by atoms with Crippen LogP contribution in [0.5, 0.6) is 11.5 Å². The number of hydrogen-bond acceptors (Lipinski definition) is 5. The summed E-state index contributed by atoms with van der Waals surface area (Å²) < 4.78 is 16.6. The minimum absolute atomic E-state index is 0.114. The van der Waals surface area contributed by atoms with Gasteiger partial charge in [-0.3, -0.25) is 4.79 Å². The monoisotopic (exact) mass is 321 g/mol. The molecule has 0 aliphatic carbocycles. The second-order valence-corrected chi connectivity index (χ2v) is 6.88. The Morgan fingerprint density at radius 3 is 3.00 bits per heavy atom. The Morgan fingerprint density at radius 2 is 2.26 bits per heavy atom. The van der Waals surface area contributed by atoms with E-state index in [0.29, 0.717) is 24.5 Å². The summed E-state index contributed by atoms with van der Waals surface area (Å²) in [6.45, 7) is 4.87. The molecule has 1 saturated heterocycles. The summed E-state index contributed by atoms with van der Waals surface area (Å²) in [4.78, 5) is 11.9. The number of carbonyl (C=O) groups is 1. The van der Waals surface area contributed by atoms with E-state index >= 15 is 0 Å². The van der Waals surface area contributed by atoms with Crippen molar-refractivity contribution in [3.05, 3.63) is 23.8 Å². The maximum Gasteiger partial charge on any atom is 0.258 e. The maximum absolute atomic E-state index is 11.9. The van der Waals surface area contributed by atoms with Crippen molar-refractivity contribution >= 4 is 5.91 Å². The van der Waals surface area contributed by atoms with Crippen LogP contribution in [0.15, 0.2) is 18.2 Å². The Hall–Kier alpha value is -1.79. The van der Waals surface area contributed by atoms with Crippen LogP contribution in [0.1, 0.15) is 25.8 Å². The Balaban J connectivity index is 1.53. The normalized spacial score (nSPS) is 24.8. The van der Waals surface area contributed by atoms with Gasteiger partial charge in [0.2, 0.25) is 0 Å². The van der Waals surface area contributed by atoms with Crippen LogP contribution in [0.2, 0.25) is 0 Å². The van der Waals surface area contributed by atoms with Crippen LogP contribution < -0.4 is 14.8 Å². The van der Waals surface area contributed by atoms with Crippen molar-refractivity contribution in [1.29, 1.82) is 0 Å². The Kier molecular flexibility index (Phi) is 4.21. The number of rotatable bonds is 5. The smallest absolute Gasteiger partial charge is 0.258 e. The van der Waals surface area contributed by atoms with E-state index in [1.54, 1.807) is 6.07 Å². The molecule has 0 spiro atoms. The van der Waals surface area contributed by atoms with Crippen LogP contribution in [-0.2, 0) is 16.0 Å². The lowest BCUT2D eigenvalue weighted by atomic mass is 10.0. The molecule has 0 radical (unpaired) electrons. The number of nitrogens with one attached hydrogen (secondary N) is 1. The fourth-order valence-electron chi connectivity index (χ4n) is 2.89. The van der Waals surface area contributed by atoms with Gasteiger partial charge in [0.1, 0.15) is 11.2 Å². The lowest BCUT2D eigenvalue weighted by molar-refractivity contribution is -0.124. The average molecular weight is 321 g/mol. The molecule has 0 aromatic heterocycles. The number of hydrogen-bond donors (Lipinski definition) is 2. The number of carbonyl (C=O) groups excluding carboxylic acids is 1. The van der Waals surface area contributed by atoms with Crippen LogP contribution >= 0.6 is 0 Å². The first kappa shape index (κ1) is 16.1. The first-order valence-electron chi connectivity index (χ1n) is 7.88. The molecule has 0 saturated carbocycles. The Bertz CT molecular complexity index is 593. The third kappa shape index (κ3) is 3.76. The molecular formula is C17H23NO5. The van der Waals surface area contributed by atoms with Gasteiger partial charge in [-0.05, 0) is 19.9 Å². The van der Waals surface area contributed by atoms with E-state index in [4.69, 9.17) is 14.2 Å². The number of amides is 1. The third-order valence-corrected chi connectivity index (χ3v) is 4.11. The second kappa shape index (κ2) is 6.02. The minimum Gasteiger partial charge on any atom is -0.483 e. The van der Waals surface area contributed by atoms with E-state index in [-0.39, 0.29) is 31.3 Å². The molecule has 2 N–H and O–H groups in total. The van der Waals surface area contributed by atoms with E-state index < -0.39 is 5.60 Å². The van der Waals surface area contributed by atoms with E-state index in [2.05, 4.69) is 5.32 Å². The van der Waals surface area contributed by atoms with E-state index in [1.165, 1.54) is 0 Å². The topological polar surface area (TPSA) is 77.0 Å². The molecule has 126 valence electrons. The minimum atomic E-state index is -0.962. The zero-order valence-electron chi connectivity index (χ0n) is 13.6. The van der Waals surface area contributed by atoms with Crippen molar-refractivity contribution < 1.29 is 24.1 Å². The molecular weight excluding hydrogens is 298 g/mol. The molecule has 1 aromatic carbocycles. The Morgan fingerprint density at radius 1 is 1.43 bits per heavy atom. The molecule has 0 unspecified atom stereocenters. The first-order valence-corrected chi connectivity index (χ1v) is 7.88. The van der Waals surface area contributed by atoms with E-state index in [0.717, 1.165) is 12.0 Å². The highest BCUT2D eigenvalue weighted by molar-refractivity contribution is 5.77. The number of ether oxygens (including phenoxy) is 3. The highest BCUT2D eigenvalue weighted by Gasteiger charge is 2.33. The van der Waals surface area contributed by atoms with Crippen LogP contribution in [0, 0.1) is 0 Å². The molecule has 2 aliphatic heterocycles. The standard InChI is InChI=1S/C17H23NO5/c1-16(2)8-12-4-3-5-13(15(12)23-16)22-9-14(19)18-10-17(20)6-7-21-11-17/h3-5,20H,6-11H2,1-2H3,(H,18,19)/t17-/m0/s1. The number of benzene rings is 1. The van der Waals surface area contributed by atoms with Gasteiger partial charge in [0.05, 0.1) is 6.61 Å². The molecule has 6 nitrogen and oxygen atoms in total. The van der Waals surface area contributed by atoms with Gasteiger partial charge in [0, 0.05) is 31.6 Å². The molecule has 1 atom stereocenters. The molecule has 1 amide bonds. The summed E-state index contributed by atoms with van der Waals surface area (Å²) in [5.74, 6) is 1.01. The zero-order valence-corrected chi connectivity index (χ0v) is 13.6. The van der Waals surface area contributed by atoms with Crippen molar-refractivity contribution in [1.82, 2.24) is 5.32 Å². The van der Waals surface area contributed by atoms with Crippen LogP contribution in [0.25, 0.3) is 0 Å². The van der Waals surface area contributed by atoms with Crippen molar-refractivity contribution in [2.45, 2.75) is 37.9 Å². The summed E-state index contributed by atoms with van der Waals surface area (Å²) >= 11 is 0. The quantitative estimate of drug-likeness (QED) is 0.847. The average Bonchev–Trinajstić information content (AvgIpc) is 3.05. The molecule has 2 aliphatic rings. The van der Waals surface area contributed by atoms with Gasteiger partial charge in [-0.1, -0.05) is 12.1 Å². The lowest BCUT2D eigenvalue weighted by Crippen LogP contribution is -2.44. The van der Waals surface area contributed by atoms with Crippen molar-refractivity contribution in [2.24, 2.45) is 0 Å². The molecule has 23 heavy (non-hydrogen) atoms. The number of aliphatic hydroxyl groups is 1. The highest BCUT2D eigenvalue weighted by Crippen LogP contribution is 2.41. The fraction of sp³-hybridized carbons (Fsp3) is 0.588. The van der Waals surface area contributed by atoms with Gasteiger partial charge in [-0.15, -0.1) is 0 Å². The van der Waals surface area contributed by atoms with Crippen molar-refractivity contribution in [2.75, 3.05) is 26.4 Å².